The van der Waals surface area contributed by atoms with E-state index in [1.54, 1.807) is 6.92 Å². The molecule has 1 fully saturated rings. The average molecular weight is 472 g/mol. The molecule has 1 aromatic heterocycles. The van der Waals surface area contributed by atoms with E-state index in [1.807, 2.05) is 13.8 Å². The number of aromatic nitrogens is 1. The summed E-state index contributed by atoms with van der Waals surface area (Å²) in [7, 11) is -7.55. The van der Waals surface area contributed by atoms with Gasteiger partial charge in [-0.05, 0) is 45.0 Å². The highest BCUT2D eigenvalue weighted by molar-refractivity contribution is 7.96. The first-order valence-corrected chi connectivity index (χ1v) is 13.0. The predicted molar refractivity (Wildman–Crippen MR) is 113 cm³/mol. The molecule has 2 heterocycles. The Morgan fingerprint density at radius 1 is 1.26 bits per heavy atom. The van der Waals surface area contributed by atoms with Gasteiger partial charge in [0.25, 0.3) is 0 Å². The first-order valence-electron chi connectivity index (χ1n) is 9.64. The molecular formula is C19H25N3O7S2. The minimum atomic E-state index is -3.96. The maximum atomic E-state index is 13.1. The first-order chi connectivity index (χ1) is 14.5. The van der Waals surface area contributed by atoms with Gasteiger partial charge in [0, 0.05) is 12.1 Å². The van der Waals surface area contributed by atoms with Crippen LogP contribution in [-0.4, -0.2) is 63.3 Å². The number of nitrogens with zero attached hydrogens (tertiary/aromatic N) is 1. The quantitative estimate of drug-likeness (QED) is 0.574. The van der Waals surface area contributed by atoms with Crippen molar-refractivity contribution in [3.05, 3.63) is 36.1 Å². The summed E-state index contributed by atoms with van der Waals surface area (Å²) < 4.78 is 61.0. The van der Waals surface area contributed by atoms with Crippen LogP contribution in [0.5, 0.6) is 5.75 Å². The third-order valence-electron chi connectivity index (χ3n) is 4.64. The van der Waals surface area contributed by atoms with Crippen LogP contribution in [0.25, 0.3) is 0 Å². The molecule has 0 radical (unpaired) electrons. The molecule has 2 N–H and O–H groups in total. The number of amides is 1. The van der Waals surface area contributed by atoms with Crippen LogP contribution in [0.2, 0.25) is 0 Å². The Bertz CT molecular complexity index is 1140. The highest BCUT2D eigenvalue weighted by Gasteiger charge is 2.45. The lowest BCUT2D eigenvalue weighted by molar-refractivity contribution is -0.115. The van der Waals surface area contributed by atoms with Gasteiger partial charge in [0.2, 0.25) is 5.91 Å². The molecule has 2 aromatic rings. The van der Waals surface area contributed by atoms with E-state index in [1.165, 1.54) is 30.3 Å². The Morgan fingerprint density at radius 3 is 2.52 bits per heavy atom. The molecule has 0 aliphatic carbocycles. The highest BCUT2D eigenvalue weighted by atomic mass is 32.2. The maximum Gasteiger partial charge on any atom is 0.239 e. The van der Waals surface area contributed by atoms with Crippen LogP contribution in [0.4, 0.5) is 5.82 Å². The van der Waals surface area contributed by atoms with E-state index in [4.69, 9.17) is 9.26 Å². The second-order valence-electron chi connectivity index (χ2n) is 7.66. The molecule has 170 valence electrons. The molecule has 0 spiro atoms. The summed E-state index contributed by atoms with van der Waals surface area (Å²) >= 11 is 0. The van der Waals surface area contributed by atoms with Gasteiger partial charge in [0.1, 0.15) is 11.5 Å². The third kappa shape index (κ3) is 5.83. The summed E-state index contributed by atoms with van der Waals surface area (Å²) in [6.07, 6.45) is -0.0664. The molecule has 12 heteroatoms. The van der Waals surface area contributed by atoms with E-state index < -0.39 is 42.6 Å². The Balaban J connectivity index is 1.72. The molecule has 0 saturated carbocycles. The van der Waals surface area contributed by atoms with E-state index >= 15 is 0 Å². The van der Waals surface area contributed by atoms with Gasteiger partial charge in [-0.25, -0.2) is 16.8 Å². The zero-order valence-electron chi connectivity index (χ0n) is 17.4. The molecule has 1 aliphatic heterocycles. The van der Waals surface area contributed by atoms with E-state index in [2.05, 4.69) is 15.8 Å². The smallest absolute Gasteiger partial charge is 0.239 e. The number of aryl methyl sites for hydroxylation is 1. The summed E-state index contributed by atoms with van der Waals surface area (Å²) in [5, 5.41) is 7.70. The van der Waals surface area contributed by atoms with Gasteiger partial charge >= 0.3 is 0 Å². The Morgan fingerprint density at radius 2 is 1.94 bits per heavy atom. The molecule has 1 aromatic carbocycles. The van der Waals surface area contributed by atoms with E-state index in [0.29, 0.717) is 11.5 Å². The SMILES string of the molecule is Cc1cc(NC(=O)CN[C@H]2CS(=O)(=O)C[C@@H]2S(=O)(=O)c2ccc(OC(C)C)cc2)no1. The van der Waals surface area contributed by atoms with Gasteiger partial charge < -0.3 is 19.9 Å². The number of hydrogen-bond acceptors (Lipinski definition) is 9. The van der Waals surface area contributed by atoms with Gasteiger partial charge in [-0.1, -0.05) is 5.16 Å². The van der Waals surface area contributed by atoms with Crippen molar-refractivity contribution >= 4 is 31.4 Å². The molecule has 3 rings (SSSR count). The number of sulfone groups is 2. The van der Waals surface area contributed by atoms with E-state index in [0.717, 1.165) is 0 Å². The third-order valence-corrected chi connectivity index (χ3v) is 8.81. The molecule has 0 unspecified atom stereocenters. The first kappa shape index (κ1) is 23.2. The topological polar surface area (TPSA) is 145 Å². The van der Waals surface area contributed by atoms with Crippen LogP contribution in [0.3, 0.4) is 0 Å². The van der Waals surface area contributed by atoms with Gasteiger partial charge in [0.15, 0.2) is 25.5 Å². The monoisotopic (exact) mass is 471 g/mol. The van der Waals surface area contributed by atoms with Crippen LogP contribution in [0, 0.1) is 6.92 Å². The molecular weight excluding hydrogens is 446 g/mol. The molecule has 31 heavy (non-hydrogen) atoms. The van der Waals surface area contributed by atoms with Crippen LogP contribution in [0.15, 0.2) is 39.8 Å². The van der Waals surface area contributed by atoms with Crippen molar-refractivity contribution < 1.29 is 30.9 Å². The van der Waals surface area contributed by atoms with Gasteiger partial charge in [-0.15, -0.1) is 0 Å². The fourth-order valence-electron chi connectivity index (χ4n) is 3.30. The lowest BCUT2D eigenvalue weighted by Gasteiger charge is -2.20. The lowest BCUT2D eigenvalue weighted by atomic mass is 10.2. The Kier molecular flexibility index (Phi) is 6.72. The second-order valence-corrected chi connectivity index (χ2v) is 12.0. The summed E-state index contributed by atoms with van der Waals surface area (Å²) in [5.41, 5.74) is 0. The lowest BCUT2D eigenvalue weighted by Crippen LogP contribution is -2.46. The molecule has 1 saturated heterocycles. The summed E-state index contributed by atoms with van der Waals surface area (Å²) in [4.78, 5) is 12.1. The standard InChI is InChI=1S/C19H25N3O7S2/c1-12(2)28-14-4-6-15(7-5-14)31(26,27)17-11-30(24,25)10-16(17)20-9-19(23)21-18-8-13(3)29-22-18/h4-8,12,16-17,20H,9-11H2,1-3H3,(H,21,22,23)/t16-,17-/m0/s1. The minimum absolute atomic E-state index is 0.0000278. The van der Waals surface area contributed by atoms with Crippen LogP contribution in [0.1, 0.15) is 19.6 Å². The minimum Gasteiger partial charge on any atom is -0.491 e. The van der Waals surface area contributed by atoms with Crippen molar-refractivity contribution in [2.75, 3.05) is 23.4 Å². The largest absolute Gasteiger partial charge is 0.491 e. The fourth-order valence-corrected chi connectivity index (χ4v) is 8.02. The van der Waals surface area contributed by atoms with Gasteiger partial charge in [-0.3, -0.25) is 4.79 Å². The number of carbonyl (C=O) groups is 1. The van der Waals surface area contributed by atoms with Gasteiger partial charge in [-0.2, -0.15) is 0 Å². The zero-order valence-corrected chi connectivity index (χ0v) is 19.0. The molecule has 10 nitrogen and oxygen atoms in total. The number of ether oxygens (including phenoxy) is 1. The number of nitrogens with one attached hydrogen (secondary N) is 2. The van der Waals surface area contributed by atoms with Gasteiger partial charge in [0.05, 0.1) is 34.3 Å². The molecule has 1 amide bonds. The van der Waals surface area contributed by atoms with Crippen molar-refractivity contribution in [3.8, 4) is 5.75 Å². The van der Waals surface area contributed by atoms with Crippen molar-refractivity contribution in [2.24, 2.45) is 0 Å². The predicted octanol–water partition coefficient (Wildman–Crippen LogP) is 0.938. The average Bonchev–Trinajstić information content (AvgIpc) is 3.22. The van der Waals surface area contributed by atoms with Crippen LogP contribution in [-0.2, 0) is 24.5 Å². The molecule has 1 aliphatic rings. The van der Waals surface area contributed by atoms with Crippen LogP contribution >= 0.6 is 0 Å². The number of hydrogen-bond donors (Lipinski definition) is 2. The molecule has 2 atom stereocenters. The number of benzene rings is 1. The second kappa shape index (κ2) is 8.97. The van der Waals surface area contributed by atoms with Crippen molar-refractivity contribution in [3.63, 3.8) is 0 Å². The fraction of sp³-hybridized carbons (Fsp3) is 0.474. The normalized spacial score (nSPS) is 20.6. The Labute approximate surface area is 181 Å². The Hall–Kier alpha value is -2.44. The number of rotatable bonds is 8. The number of carbonyl (C=O) groups excluding carboxylic acids is 1. The molecule has 0 bridgehead atoms. The van der Waals surface area contributed by atoms with Crippen molar-refractivity contribution in [1.29, 1.82) is 0 Å². The number of anilines is 1. The highest BCUT2D eigenvalue weighted by Crippen LogP contribution is 2.27. The van der Waals surface area contributed by atoms with Crippen molar-refractivity contribution in [1.82, 2.24) is 10.5 Å². The maximum absolute atomic E-state index is 13.1. The summed E-state index contributed by atoms with van der Waals surface area (Å²) in [6, 6.07) is 6.46. The summed E-state index contributed by atoms with van der Waals surface area (Å²) in [6.45, 7) is 5.09. The van der Waals surface area contributed by atoms with Crippen molar-refractivity contribution in [2.45, 2.75) is 43.1 Å². The van der Waals surface area contributed by atoms with E-state index in [9.17, 15) is 21.6 Å². The summed E-state index contributed by atoms with van der Waals surface area (Å²) in [5.74, 6) is -0.132. The van der Waals surface area contributed by atoms with E-state index in [-0.39, 0.29) is 29.1 Å². The van der Waals surface area contributed by atoms with Crippen LogP contribution < -0.4 is 15.4 Å². The zero-order chi connectivity index (χ0) is 22.8.